The Bertz CT molecular complexity index is 598. The van der Waals surface area contributed by atoms with Crippen LogP contribution in [0.25, 0.3) is 10.9 Å². The van der Waals surface area contributed by atoms with Crippen molar-refractivity contribution in [3.8, 4) is 0 Å². The lowest BCUT2D eigenvalue weighted by Crippen LogP contribution is -2.30. The molecule has 3 rings (SSSR count). The molecular formula is C14H17BrN2. The first-order valence-corrected chi connectivity index (χ1v) is 6.83. The third-order valence-corrected chi connectivity index (χ3v) is 4.53. The van der Waals surface area contributed by atoms with Crippen molar-refractivity contribution >= 4 is 26.8 Å². The topological polar surface area (TPSA) is 8.17 Å². The summed E-state index contributed by atoms with van der Waals surface area (Å²) in [7, 11) is 2.19. The molecule has 2 nitrogen and oxygen atoms in total. The summed E-state index contributed by atoms with van der Waals surface area (Å²) >= 11 is 3.79. The predicted molar refractivity (Wildman–Crippen MR) is 75.4 cm³/mol. The van der Waals surface area contributed by atoms with Crippen LogP contribution in [0.4, 0.5) is 0 Å². The number of benzene rings is 1. The van der Waals surface area contributed by atoms with Crippen LogP contribution in [-0.2, 0) is 13.1 Å². The Balaban J connectivity index is 2.37. The van der Waals surface area contributed by atoms with Crippen LogP contribution in [0.1, 0.15) is 16.8 Å². The first-order chi connectivity index (χ1) is 8.08. The number of aryl methyl sites for hydroxylation is 2. The van der Waals surface area contributed by atoms with Crippen LogP contribution < -0.4 is 0 Å². The number of aromatic nitrogens is 1. The first-order valence-electron chi connectivity index (χ1n) is 6.04. The highest BCUT2D eigenvalue weighted by Crippen LogP contribution is 2.36. The van der Waals surface area contributed by atoms with Crippen molar-refractivity contribution in [3.05, 3.63) is 33.4 Å². The highest BCUT2D eigenvalue weighted by molar-refractivity contribution is 9.10. The highest BCUT2D eigenvalue weighted by atomic mass is 79.9. The van der Waals surface area contributed by atoms with Gasteiger partial charge in [0.05, 0.1) is 5.52 Å². The van der Waals surface area contributed by atoms with Crippen LogP contribution in [0.5, 0.6) is 0 Å². The van der Waals surface area contributed by atoms with Gasteiger partial charge in [0.15, 0.2) is 0 Å². The fraction of sp³-hybridized carbons (Fsp3) is 0.429. The molecule has 0 atom stereocenters. The van der Waals surface area contributed by atoms with E-state index in [0.717, 1.165) is 19.6 Å². The van der Waals surface area contributed by atoms with Crippen LogP contribution in [0.2, 0.25) is 0 Å². The molecule has 0 unspecified atom stereocenters. The van der Waals surface area contributed by atoms with E-state index in [0.29, 0.717) is 0 Å². The van der Waals surface area contributed by atoms with Gasteiger partial charge >= 0.3 is 0 Å². The summed E-state index contributed by atoms with van der Waals surface area (Å²) in [5.41, 5.74) is 5.53. The second-order valence-corrected chi connectivity index (χ2v) is 5.92. The Morgan fingerprint density at radius 1 is 1.18 bits per heavy atom. The summed E-state index contributed by atoms with van der Waals surface area (Å²) in [5.74, 6) is 0. The zero-order valence-corrected chi connectivity index (χ0v) is 12.1. The van der Waals surface area contributed by atoms with Crippen molar-refractivity contribution in [1.82, 2.24) is 9.47 Å². The summed E-state index contributed by atoms with van der Waals surface area (Å²) in [6.45, 7) is 7.64. The van der Waals surface area contributed by atoms with Gasteiger partial charge in [0.25, 0.3) is 0 Å². The van der Waals surface area contributed by atoms with Gasteiger partial charge in [-0.3, -0.25) is 4.90 Å². The normalized spacial score (nSPS) is 16.5. The van der Waals surface area contributed by atoms with Crippen LogP contribution >= 0.6 is 15.9 Å². The molecule has 2 heterocycles. The second-order valence-electron chi connectivity index (χ2n) is 5.13. The molecule has 1 aliphatic rings. The fourth-order valence-electron chi connectivity index (χ4n) is 2.87. The van der Waals surface area contributed by atoms with E-state index in [-0.39, 0.29) is 0 Å². The molecule has 0 aliphatic carbocycles. The molecule has 0 N–H and O–H groups in total. The summed E-state index contributed by atoms with van der Waals surface area (Å²) in [6.07, 6.45) is 0. The van der Waals surface area contributed by atoms with Gasteiger partial charge in [-0.15, -0.1) is 0 Å². The molecule has 1 aliphatic heterocycles. The number of likely N-dealkylation sites (N-methyl/N-ethyl adjacent to an activating group) is 1. The standard InChI is InChI=1S/C14H17BrN2/c1-9-6-10(2)13-11(7-9)17-5-4-16(3)8-12(17)14(13)15/h6-7H,4-5,8H2,1-3H3. The largest absolute Gasteiger partial charge is 0.341 e. The monoisotopic (exact) mass is 292 g/mol. The molecule has 0 saturated heterocycles. The van der Waals surface area contributed by atoms with Gasteiger partial charge in [-0.2, -0.15) is 0 Å². The lowest BCUT2D eigenvalue weighted by Gasteiger charge is -2.25. The number of hydrogen-bond acceptors (Lipinski definition) is 1. The molecule has 0 saturated carbocycles. The van der Waals surface area contributed by atoms with E-state index in [1.165, 1.54) is 32.2 Å². The maximum Gasteiger partial charge on any atom is 0.0500 e. The molecule has 3 heteroatoms. The van der Waals surface area contributed by atoms with E-state index in [4.69, 9.17) is 0 Å². The second kappa shape index (κ2) is 3.85. The molecule has 1 aromatic heterocycles. The molecule has 0 bridgehead atoms. The van der Waals surface area contributed by atoms with E-state index in [1.807, 2.05) is 0 Å². The first kappa shape index (κ1) is 11.3. The van der Waals surface area contributed by atoms with E-state index in [1.54, 1.807) is 0 Å². The van der Waals surface area contributed by atoms with Gasteiger partial charge in [-0.25, -0.2) is 0 Å². The lowest BCUT2D eigenvalue weighted by atomic mass is 10.1. The van der Waals surface area contributed by atoms with Crippen LogP contribution in [0.15, 0.2) is 16.6 Å². The molecule has 0 radical (unpaired) electrons. The van der Waals surface area contributed by atoms with Crippen molar-refractivity contribution in [2.24, 2.45) is 0 Å². The van der Waals surface area contributed by atoms with Gasteiger partial charge in [0, 0.05) is 35.2 Å². The summed E-state index contributed by atoms with van der Waals surface area (Å²) in [6, 6.07) is 4.57. The average Bonchev–Trinajstić information content (AvgIpc) is 2.52. The van der Waals surface area contributed by atoms with Gasteiger partial charge in [0.1, 0.15) is 0 Å². The highest BCUT2D eigenvalue weighted by Gasteiger charge is 2.21. The smallest absolute Gasteiger partial charge is 0.0500 e. The van der Waals surface area contributed by atoms with E-state index < -0.39 is 0 Å². The van der Waals surface area contributed by atoms with Crippen LogP contribution in [-0.4, -0.2) is 23.1 Å². The summed E-state index contributed by atoms with van der Waals surface area (Å²) in [4.78, 5) is 2.38. The van der Waals surface area contributed by atoms with Crippen molar-refractivity contribution in [1.29, 1.82) is 0 Å². The number of nitrogens with zero attached hydrogens (tertiary/aromatic N) is 2. The maximum atomic E-state index is 3.79. The number of fused-ring (bicyclic) bond motifs is 3. The van der Waals surface area contributed by atoms with E-state index >= 15 is 0 Å². The summed E-state index contributed by atoms with van der Waals surface area (Å²) < 4.78 is 3.76. The maximum absolute atomic E-state index is 3.79. The van der Waals surface area contributed by atoms with Gasteiger partial charge in [-0.1, -0.05) is 6.07 Å². The quantitative estimate of drug-likeness (QED) is 0.722. The third kappa shape index (κ3) is 1.64. The Hall–Kier alpha value is -0.800. The Labute approximate surface area is 110 Å². The minimum atomic E-state index is 1.04. The Kier molecular flexibility index (Phi) is 2.56. The Morgan fingerprint density at radius 3 is 2.71 bits per heavy atom. The zero-order valence-electron chi connectivity index (χ0n) is 10.5. The number of rotatable bonds is 0. The zero-order chi connectivity index (χ0) is 12.2. The molecular weight excluding hydrogens is 276 g/mol. The molecule has 90 valence electrons. The van der Waals surface area contributed by atoms with Gasteiger partial charge < -0.3 is 4.57 Å². The van der Waals surface area contributed by atoms with E-state index in [2.05, 4.69) is 58.4 Å². The molecule has 17 heavy (non-hydrogen) atoms. The summed E-state index contributed by atoms with van der Waals surface area (Å²) in [5, 5.41) is 1.39. The SMILES string of the molecule is Cc1cc(C)c2c(Br)c3n(c2c1)CCN(C)C3. The lowest BCUT2D eigenvalue weighted by molar-refractivity contribution is 0.272. The van der Waals surface area contributed by atoms with Gasteiger partial charge in [-0.05, 0) is 54.0 Å². The average molecular weight is 293 g/mol. The van der Waals surface area contributed by atoms with Crippen LogP contribution in [0, 0.1) is 13.8 Å². The molecule has 0 spiro atoms. The molecule has 2 aromatic rings. The molecule has 0 fully saturated rings. The van der Waals surface area contributed by atoms with Crippen molar-refractivity contribution in [2.45, 2.75) is 26.9 Å². The predicted octanol–water partition coefficient (Wildman–Crippen LogP) is 3.47. The minimum Gasteiger partial charge on any atom is -0.341 e. The van der Waals surface area contributed by atoms with Crippen molar-refractivity contribution < 1.29 is 0 Å². The fourth-order valence-corrected chi connectivity index (χ4v) is 3.72. The van der Waals surface area contributed by atoms with E-state index in [9.17, 15) is 0 Å². The molecule has 1 aromatic carbocycles. The number of hydrogen-bond donors (Lipinski definition) is 0. The Morgan fingerprint density at radius 2 is 1.94 bits per heavy atom. The van der Waals surface area contributed by atoms with Crippen molar-refractivity contribution in [3.63, 3.8) is 0 Å². The minimum absolute atomic E-state index is 1.04. The van der Waals surface area contributed by atoms with Crippen molar-refractivity contribution in [2.75, 3.05) is 13.6 Å². The third-order valence-electron chi connectivity index (χ3n) is 3.67. The van der Waals surface area contributed by atoms with Crippen LogP contribution in [0.3, 0.4) is 0 Å². The molecule has 0 amide bonds. The van der Waals surface area contributed by atoms with Gasteiger partial charge in [0.2, 0.25) is 0 Å². The number of halogens is 1.